The molecule has 3 atom stereocenters. The number of likely N-dealkylation sites (tertiary alicyclic amines) is 1. The molecule has 0 spiro atoms. The van der Waals surface area contributed by atoms with Crippen molar-refractivity contribution in [2.24, 2.45) is 11.8 Å². The van der Waals surface area contributed by atoms with Crippen LogP contribution in [0.4, 0.5) is 0 Å². The molecule has 2 fully saturated rings. The lowest BCUT2D eigenvalue weighted by atomic mass is 9.87. The first-order valence-electron chi connectivity index (χ1n) is 7.19. The number of aliphatic hydroxyl groups excluding tert-OH is 1. The van der Waals surface area contributed by atoms with E-state index in [-0.39, 0.29) is 6.10 Å². The lowest BCUT2D eigenvalue weighted by molar-refractivity contribution is 0.0603. The number of rotatable bonds is 5. The second kappa shape index (κ2) is 5.68. The van der Waals surface area contributed by atoms with E-state index < -0.39 is 0 Å². The highest BCUT2D eigenvalue weighted by atomic mass is 16.3. The monoisotopic (exact) mass is 240 g/mol. The third-order valence-corrected chi connectivity index (χ3v) is 4.38. The van der Waals surface area contributed by atoms with Crippen molar-refractivity contribution in [2.45, 2.75) is 57.7 Å². The first-order chi connectivity index (χ1) is 8.10. The molecule has 0 aromatic rings. The van der Waals surface area contributed by atoms with E-state index in [0.29, 0.717) is 17.9 Å². The molecule has 2 N–H and O–H groups in total. The number of nitrogens with zero attached hydrogens (tertiary/aromatic N) is 1. The summed E-state index contributed by atoms with van der Waals surface area (Å²) in [7, 11) is 2.07. The fraction of sp³-hybridized carbons (Fsp3) is 1.00. The van der Waals surface area contributed by atoms with Gasteiger partial charge in [0.05, 0.1) is 6.10 Å². The van der Waals surface area contributed by atoms with Crippen LogP contribution in [0.2, 0.25) is 0 Å². The van der Waals surface area contributed by atoms with Crippen LogP contribution in [0.5, 0.6) is 0 Å². The molecule has 3 unspecified atom stereocenters. The minimum absolute atomic E-state index is 0.128. The zero-order valence-corrected chi connectivity index (χ0v) is 11.5. The van der Waals surface area contributed by atoms with Crippen molar-refractivity contribution in [3.8, 4) is 0 Å². The van der Waals surface area contributed by atoms with Crippen LogP contribution >= 0.6 is 0 Å². The maximum Gasteiger partial charge on any atom is 0.0566 e. The Balaban J connectivity index is 1.87. The molecule has 3 heteroatoms. The van der Waals surface area contributed by atoms with Crippen LogP contribution in [0.1, 0.15) is 39.5 Å². The number of likely N-dealkylation sites (N-methyl/N-ethyl adjacent to an activating group) is 1. The molecule has 3 nitrogen and oxygen atoms in total. The lowest BCUT2D eigenvalue weighted by Crippen LogP contribution is -2.49. The molecule has 0 radical (unpaired) electrons. The molecule has 2 aliphatic rings. The molecule has 1 saturated carbocycles. The van der Waals surface area contributed by atoms with Gasteiger partial charge in [-0.05, 0) is 44.6 Å². The van der Waals surface area contributed by atoms with E-state index in [1.807, 2.05) is 0 Å². The van der Waals surface area contributed by atoms with Crippen molar-refractivity contribution in [3.63, 3.8) is 0 Å². The molecule has 1 aliphatic heterocycles. The van der Waals surface area contributed by atoms with Gasteiger partial charge in [-0.3, -0.25) is 4.90 Å². The molecule has 1 heterocycles. The van der Waals surface area contributed by atoms with Gasteiger partial charge in [0.2, 0.25) is 0 Å². The van der Waals surface area contributed by atoms with Crippen molar-refractivity contribution >= 4 is 0 Å². The molecule has 0 aromatic carbocycles. The first kappa shape index (κ1) is 13.3. The quantitative estimate of drug-likeness (QED) is 0.764. The summed E-state index contributed by atoms with van der Waals surface area (Å²) in [5.41, 5.74) is 0. The molecule has 100 valence electrons. The number of hydrogen-bond acceptors (Lipinski definition) is 3. The van der Waals surface area contributed by atoms with Gasteiger partial charge >= 0.3 is 0 Å². The summed E-state index contributed by atoms with van der Waals surface area (Å²) in [6.45, 7) is 6.63. The molecule has 1 aliphatic carbocycles. The molecular formula is C14H28N2O. The fourth-order valence-electron chi connectivity index (χ4n) is 2.97. The standard InChI is InChI=1S/C14H28N2O/c1-10(2)14(17)7-11-6-12(15-3)9-16(8-11)13-4-5-13/h10-15,17H,4-9H2,1-3H3. The van der Waals surface area contributed by atoms with E-state index in [1.165, 1.54) is 32.4 Å². The predicted octanol–water partition coefficient (Wildman–Crippen LogP) is 1.47. The third-order valence-electron chi connectivity index (χ3n) is 4.38. The molecule has 0 aromatic heterocycles. The highest BCUT2D eigenvalue weighted by Crippen LogP contribution is 2.32. The normalized spacial score (nSPS) is 33.0. The van der Waals surface area contributed by atoms with Crippen LogP contribution in [-0.2, 0) is 0 Å². The van der Waals surface area contributed by atoms with Crippen LogP contribution in [0, 0.1) is 11.8 Å². The molecular weight excluding hydrogens is 212 g/mol. The topological polar surface area (TPSA) is 35.5 Å². The molecule has 0 amide bonds. The smallest absolute Gasteiger partial charge is 0.0566 e. The summed E-state index contributed by atoms with van der Waals surface area (Å²) in [5.74, 6) is 1.05. The summed E-state index contributed by atoms with van der Waals surface area (Å²) in [6.07, 6.45) is 4.84. The average molecular weight is 240 g/mol. The van der Waals surface area contributed by atoms with Gasteiger partial charge in [0.15, 0.2) is 0 Å². The zero-order chi connectivity index (χ0) is 12.4. The summed E-state index contributed by atoms with van der Waals surface area (Å²) in [4.78, 5) is 2.64. The minimum Gasteiger partial charge on any atom is -0.393 e. The first-order valence-corrected chi connectivity index (χ1v) is 7.19. The number of hydrogen-bond donors (Lipinski definition) is 2. The average Bonchev–Trinajstić information content (AvgIpc) is 3.12. The Morgan fingerprint density at radius 1 is 1.29 bits per heavy atom. The van der Waals surface area contributed by atoms with Gasteiger partial charge in [-0.25, -0.2) is 0 Å². The SMILES string of the molecule is CNC1CC(CC(O)C(C)C)CN(C2CC2)C1. The van der Waals surface area contributed by atoms with Gasteiger partial charge in [-0.2, -0.15) is 0 Å². The van der Waals surface area contributed by atoms with Gasteiger partial charge in [0.1, 0.15) is 0 Å². The highest BCUT2D eigenvalue weighted by Gasteiger charge is 2.36. The number of piperidine rings is 1. The number of nitrogens with one attached hydrogen (secondary N) is 1. The van der Waals surface area contributed by atoms with Crippen molar-refractivity contribution in [1.82, 2.24) is 10.2 Å². The van der Waals surface area contributed by atoms with E-state index >= 15 is 0 Å². The van der Waals surface area contributed by atoms with Crippen molar-refractivity contribution in [1.29, 1.82) is 0 Å². The zero-order valence-electron chi connectivity index (χ0n) is 11.5. The third kappa shape index (κ3) is 3.67. The van der Waals surface area contributed by atoms with Crippen molar-refractivity contribution < 1.29 is 5.11 Å². The molecule has 1 saturated heterocycles. The van der Waals surface area contributed by atoms with Gasteiger partial charge in [0, 0.05) is 25.2 Å². The van der Waals surface area contributed by atoms with Crippen LogP contribution in [0.15, 0.2) is 0 Å². The second-order valence-electron chi connectivity index (χ2n) is 6.32. The molecule has 2 rings (SSSR count). The molecule has 0 bridgehead atoms. The predicted molar refractivity (Wildman–Crippen MR) is 71.0 cm³/mol. The minimum atomic E-state index is -0.128. The highest BCUT2D eigenvalue weighted by molar-refractivity contribution is 4.92. The summed E-state index contributed by atoms with van der Waals surface area (Å²) >= 11 is 0. The maximum atomic E-state index is 10.0. The Labute approximate surface area is 106 Å². The van der Waals surface area contributed by atoms with E-state index in [9.17, 15) is 5.11 Å². The molecule has 17 heavy (non-hydrogen) atoms. The summed E-state index contributed by atoms with van der Waals surface area (Å²) in [6, 6.07) is 1.47. The Kier molecular flexibility index (Phi) is 4.45. The van der Waals surface area contributed by atoms with Gasteiger partial charge < -0.3 is 10.4 Å². The van der Waals surface area contributed by atoms with E-state index in [4.69, 9.17) is 0 Å². The van der Waals surface area contributed by atoms with Crippen LogP contribution < -0.4 is 5.32 Å². The van der Waals surface area contributed by atoms with Gasteiger partial charge in [-0.1, -0.05) is 13.8 Å². The Bertz CT molecular complexity index is 238. The van der Waals surface area contributed by atoms with Crippen LogP contribution in [0.25, 0.3) is 0 Å². The second-order valence-corrected chi connectivity index (χ2v) is 6.32. The van der Waals surface area contributed by atoms with E-state index in [2.05, 4.69) is 31.1 Å². The Morgan fingerprint density at radius 2 is 2.00 bits per heavy atom. The van der Waals surface area contributed by atoms with E-state index in [0.717, 1.165) is 12.5 Å². The summed E-state index contributed by atoms with van der Waals surface area (Å²) in [5, 5.41) is 13.5. The Morgan fingerprint density at radius 3 is 2.53 bits per heavy atom. The van der Waals surface area contributed by atoms with Crippen molar-refractivity contribution in [2.75, 3.05) is 20.1 Å². The van der Waals surface area contributed by atoms with E-state index in [1.54, 1.807) is 0 Å². The Hall–Kier alpha value is -0.120. The van der Waals surface area contributed by atoms with Crippen LogP contribution in [0.3, 0.4) is 0 Å². The lowest BCUT2D eigenvalue weighted by Gasteiger charge is -2.39. The maximum absolute atomic E-state index is 10.0. The van der Waals surface area contributed by atoms with Gasteiger partial charge in [0.25, 0.3) is 0 Å². The largest absolute Gasteiger partial charge is 0.393 e. The van der Waals surface area contributed by atoms with Gasteiger partial charge in [-0.15, -0.1) is 0 Å². The van der Waals surface area contributed by atoms with Crippen LogP contribution in [-0.4, -0.2) is 48.3 Å². The van der Waals surface area contributed by atoms with Crippen molar-refractivity contribution in [3.05, 3.63) is 0 Å². The fourth-order valence-corrected chi connectivity index (χ4v) is 2.97. The number of aliphatic hydroxyl groups is 1. The summed E-state index contributed by atoms with van der Waals surface area (Å²) < 4.78 is 0.